The number of alkyl halides is 4. The number of anilines is 1. The molecule has 0 saturated carbocycles. The highest BCUT2D eigenvalue weighted by molar-refractivity contribution is 6.32. The number of nitrogens with two attached hydrogens (primary N) is 1. The van der Waals surface area contributed by atoms with E-state index in [-0.39, 0.29) is 16.5 Å². The molecule has 0 bridgehead atoms. The molecule has 0 unspecified atom stereocenters. The Labute approximate surface area is 144 Å². The predicted octanol–water partition coefficient (Wildman–Crippen LogP) is 4.16. The summed E-state index contributed by atoms with van der Waals surface area (Å²) in [6.07, 6.45) is -4.83. The molecule has 10 heteroatoms. The zero-order valence-electron chi connectivity index (χ0n) is 13.1. The van der Waals surface area contributed by atoms with Crippen LogP contribution in [0.3, 0.4) is 0 Å². The molecule has 132 valence electrons. The molecule has 0 aliphatic rings. The molecule has 5 nitrogen and oxygen atoms in total. The second kappa shape index (κ2) is 5.83. The van der Waals surface area contributed by atoms with Gasteiger partial charge in [-0.2, -0.15) is 13.2 Å². The molecule has 2 N–H and O–H groups in total. The molecule has 2 heterocycles. The van der Waals surface area contributed by atoms with Gasteiger partial charge in [-0.25, -0.2) is 19.0 Å². The Kier molecular flexibility index (Phi) is 4.06. The number of nitrogen functional groups attached to an aromatic ring is 1. The van der Waals surface area contributed by atoms with E-state index >= 15 is 0 Å². The second-order valence-corrected chi connectivity index (χ2v) is 5.86. The monoisotopic (exact) mass is 373 g/mol. The van der Waals surface area contributed by atoms with Crippen molar-refractivity contribution in [2.24, 2.45) is 0 Å². The van der Waals surface area contributed by atoms with Gasteiger partial charge in [-0.15, -0.1) is 5.10 Å². The molecule has 0 radical (unpaired) electrons. The third-order valence-corrected chi connectivity index (χ3v) is 4.17. The molecular formula is C15H12ClF4N5. The third kappa shape index (κ3) is 2.78. The van der Waals surface area contributed by atoms with Gasteiger partial charge in [0, 0.05) is 0 Å². The fraction of sp³-hybridized carbons (Fsp3) is 0.267. The van der Waals surface area contributed by atoms with Crippen molar-refractivity contribution in [3.8, 4) is 5.69 Å². The highest BCUT2D eigenvalue weighted by atomic mass is 35.5. The fourth-order valence-corrected chi connectivity index (χ4v) is 2.80. The van der Waals surface area contributed by atoms with E-state index in [0.717, 1.165) is 10.2 Å². The van der Waals surface area contributed by atoms with Gasteiger partial charge in [0.2, 0.25) is 0 Å². The number of aromatic nitrogens is 4. The summed E-state index contributed by atoms with van der Waals surface area (Å²) in [5.74, 6) is -0.931. The van der Waals surface area contributed by atoms with Crippen LogP contribution in [0.1, 0.15) is 22.6 Å². The summed E-state index contributed by atoms with van der Waals surface area (Å²) in [4.78, 5) is 6.96. The zero-order valence-corrected chi connectivity index (χ0v) is 13.9. The number of halogens is 5. The van der Waals surface area contributed by atoms with Crippen molar-refractivity contribution < 1.29 is 17.6 Å². The van der Waals surface area contributed by atoms with Crippen LogP contribution >= 0.6 is 11.6 Å². The quantitative estimate of drug-likeness (QED) is 0.685. The Morgan fingerprint density at radius 3 is 2.48 bits per heavy atom. The zero-order chi connectivity index (χ0) is 18.5. The van der Waals surface area contributed by atoms with E-state index in [9.17, 15) is 17.6 Å². The van der Waals surface area contributed by atoms with Crippen molar-refractivity contribution in [3.05, 3.63) is 39.8 Å². The maximum atomic E-state index is 13.3. The highest BCUT2D eigenvalue weighted by Gasteiger charge is 2.38. The minimum Gasteiger partial charge on any atom is -0.383 e. The average molecular weight is 374 g/mol. The van der Waals surface area contributed by atoms with Gasteiger partial charge in [0.15, 0.2) is 17.2 Å². The summed E-state index contributed by atoms with van der Waals surface area (Å²) in [6, 6.07) is 3.36. The van der Waals surface area contributed by atoms with Crippen LogP contribution in [0.25, 0.3) is 16.7 Å². The minimum atomic E-state index is -4.83. The topological polar surface area (TPSA) is 69.6 Å². The molecule has 0 saturated heterocycles. The summed E-state index contributed by atoms with van der Waals surface area (Å²) in [5.41, 5.74) is 6.13. The standard InChI is InChI=1S/C15H12ClF4N5/c1-6-3-4-8(16)11(7(6)2)25-13(21)10-12(15(18,19)20)22-9(5-17)23-14(10)24-25/h3-4H,5,21H2,1-2H3. The summed E-state index contributed by atoms with van der Waals surface area (Å²) in [6.45, 7) is 2.30. The van der Waals surface area contributed by atoms with Crippen molar-refractivity contribution in [1.29, 1.82) is 0 Å². The molecule has 0 aliphatic carbocycles. The lowest BCUT2D eigenvalue weighted by Gasteiger charge is -2.12. The van der Waals surface area contributed by atoms with Gasteiger partial charge >= 0.3 is 6.18 Å². The second-order valence-electron chi connectivity index (χ2n) is 5.45. The van der Waals surface area contributed by atoms with Crippen LogP contribution in [-0.4, -0.2) is 19.7 Å². The largest absolute Gasteiger partial charge is 0.434 e. The molecule has 0 aliphatic heterocycles. The first-order valence-electron chi connectivity index (χ1n) is 7.09. The van der Waals surface area contributed by atoms with Crippen LogP contribution in [0.4, 0.5) is 23.4 Å². The summed E-state index contributed by atoms with van der Waals surface area (Å²) in [5, 5.41) is 3.79. The maximum Gasteiger partial charge on any atom is 0.434 e. The smallest absolute Gasteiger partial charge is 0.383 e. The Bertz CT molecular complexity index is 980. The van der Waals surface area contributed by atoms with Gasteiger partial charge in [0.05, 0.1) is 16.1 Å². The first-order chi connectivity index (χ1) is 11.6. The fourth-order valence-electron chi connectivity index (χ4n) is 2.52. The van der Waals surface area contributed by atoms with E-state index in [1.165, 1.54) is 0 Å². The van der Waals surface area contributed by atoms with Crippen LogP contribution < -0.4 is 5.73 Å². The van der Waals surface area contributed by atoms with Crippen LogP contribution in [0.15, 0.2) is 12.1 Å². The van der Waals surface area contributed by atoms with Gasteiger partial charge in [-0.3, -0.25) is 0 Å². The molecule has 3 aromatic rings. The number of fused-ring (bicyclic) bond motifs is 1. The van der Waals surface area contributed by atoms with Gasteiger partial charge in [-0.05, 0) is 31.0 Å². The Balaban J connectivity index is 2.41. The Morgan fingerprint density at radius 1 is 1.20 bits per heavy atom. The minimum absolute atomic E-state index is 0.259. The van der Waals surface area contributed by atoms with E-state index in [4.69, 9.17) is 17.3 Å². The van der Waals surface area contributed by atoms with Gasteiger partial charge < -0.3 is 5.73 Å². The Hall–Kier alpha value is -2.42. The molecular weight excluding hydrogens is 362 g/mol. The van der Waals surface area contributed by atoms with Gasteiger partial charge in [0.1, 0.15) is 12.5 Å². The molecule has 25 heavy (non-hydrogen) atoms. The number of hydrogen-bond acceptors (Lipinski definition) is 4. The van der Waals surface area contributed by atoms with Crippen LogP contribution in [0, 0.1) is 13.8 Å². The third-order valence-electron chi connectivity index (χ3n) is 3.87. The number of aryl methyl sites for hydroxylation is 1. The van der Waals surface area contributed by atoms with E-state index in [1.807, 2.05) is 6.92 Å². The lowest BCUT2D eigenvalue weighted by molar-refractivity contribution is -0.140. The lowest BCUT2D eigenvalue weighted by atomic mass is 10.1. The highest BCUT2D eigenvalue weighted by Crippen LogP contribution is 2.38. The number of nitrogens with zero attached hydrogens (tertiary/aromatic N) is 4. The van der Waals surface area contributed by atoms with E-state index in [0.29, 0.717) is 11.3 Å². The number of hydrogen-bond donors (Lipinski definition) is 1. The van der Waals surface area contributed by atoms with Gasteiger partial charge in [0.25, 0.3) is 0 Å². The SMILES string of the molecule is Cc1ccc(Cl)c(-n2nc3nc(CF)nc(C(F)(F)F)c3c2N)c1C. The summed E-state index contributed by atoms with van der Waals surface area (Å²) < 4.78 is 53.9. The van der Waals surface area contributed by atoms with Crippen molar-refractivity contribution in [1.82, 2.24) is 19.7 Å². The average Bonchev–Trinajstić information content (AvgIpc) is 2.86. The maximum absolute atomic E-state index is 13.3. The van der Waals surface area contributed by atoms with Crippen molar-refractivity contribution in [3.63, 3.8) is 0 Å². The van der Waals surface area contributed by atoms with E-state index in [2.05, 4.69) is 15.1 Å². The summed E-state index contributed by atoms with van der Waals surface area (Å²) >= 11 is 6.19. The van der Waals surface area contributed by atoms with E-state index < -0.39 is 29.8 Å². The predicted molar refractivity (Wildman–Crippen MR) is 85.4 cm³/mol. The molecule has 2 aromatic heterocycles. The Morgan fingerprint density at radius 2 is 1.88 bits per heavy atom. The van der Waals surface area contributed by atoms with Crippen molar-refractivity contribution >= 4 is 28.5 Å². The molecule has 0 fully saturated rings. The first kappa shape index (κ1) is 17.4. The molecule has 3 rings (SSSR count). The number of benzene rings is 1. The molecule has 1 aromatic carbocycles. The van der Waals surface area contributed by atoms with Crippen LogP contribution in [0.5, 0.6) is 0 Å². The molecule has 0 amide bonds. The van der Waals surface area contributed by atoms with Crippen molar-refractivity contribution in [2.45, 2.75) is 26.7 Å². The van der Waals surface area contributed by atoms with Gasteiger partial charge in [-0.1, -0.05) is 17.7 Å². The van der Waals surface area contributed by atoms with Crippen LogP contribution in [0.2, 0.25) is 5.02 Å². The van der Waals surface area contributed by atoms with Crippen molar-refractivity contribution in [2.75, 3.05) is 5.73 Å². The lowest BCUT2D eigenvalue weighted by Crippen LogP contribution is -2.12. The number of rotatable bonds is 2. The first-order valence-corrected chi connectivity index (χ1v) is 7.47. The summed E-state index contributed by atoms with van der Waals surface area (Å²) in [7, 11) is 0. The normalized spacial score (nSPS) is 12.1. The molecule has 0 spiro atoms. The van der Waals surface area contributed by atoms with Crippen LogP contribution in [-0.2, 0) is 12.9 Å². The van der Waals surface area contributed by atoms with E-state index in [1.54, 1.807) is 19.1 Å². The molecule has 0 atom stereocenters.